The summed E-state index contributed by atoms with van der Waals surface area (Å²) in [6, 6.07) is 5.63. The minimum Gasteiger partial charge on any atom is -0.497 e. The summed E-state index contributed by atoms with van der Waals surface area (Å²) in [5, 5.41) is 0.690. The zero-order valence-corrected chi connectivity index (χ0v) is 19.3. The van der Waals surface area contributed by atoms with Crippen LogP contribution in [0, 0.1) is 0 Å². The molecule has 1 aliphatic rings. The second-order valence-electron chi connectivity index (χ2n) is 7.53. The number of H-pyrrole nitrogens is 1. The van der Waals surface area contributed by atoms with Crippen molar-refractivity contribution in [2.45, 2.75) is 23.5 Å². The van der Waals surface area contributed by atoms with Crippen molar-refractivity contribution in [3.63, 3.8) is 0 Å². The summed E-state index contributed by atoms with van der Waals surface area (Å²) in [6.07, 6.45) is 1.73. The van der Waals surface area contributed by atoms with Crippen molar-refractivity contribution in [1.29, 1.82) is 0 Å². The number of benzene rings is 1. The number of carbonyl (C=O) groups excluding carboxylic acids is 1. The number of nitrogens with zero attached hydrogens (tertiary/aromatic N) is 5. The van der Waals surface area contributed by atoms with Crippen molar-refractivity contribution in [3.05, 3.63) is 24.5 Å². The maximum Gasteiger partial charge on any atom is 0.294 e. The Morgan fingerprint density at radius 2 is 2.03 bits per heavy atom. The van der Waals surface area contributed by atoms with E-state index >= 15 is 0 Å². The van der Waals surface area contributed by atoms with Crippen molar-refractivity contribution in [1.82, 2.24) is 24.8 Å². The van der Waals surface area contributed by atoms with Gasteiger partial charge < -0.3 is 25.1 Å². The molecule has 11 heteroatoms. The molecule has 0 saturated carbocycles. The molecule has 3 aromatic rings. The second-order valence-corrected chi connectivity index (χ2v) is 8.56. The van der Waals surface area contributed by atoms with Crippen LogP contribution in [0.25, 0.3) is 11.2 Å². The molecular weight excluding hydrogens is 430 g/mol. The highest BCUT2D eigenvalue weighted by molar-refractivity contribution is 7.99. The van der Waals surface area contributed by atoms with Gasteiger partial charge in [0.15, 0.2) is 5.52 Å². The van der Waals surface area contributed by atoms with Crippen molar-refractivity contribution in [2.75, 3.05) is 52.7 Å². The molecule has 10 nitrogen and oxygen atoms in total. The van der Waals surface area contributed by atoms with Gasteiger partial charge in [-0.1, -0.05) is 9.97 Å². The molecule has 4 rings (SSSR count). The number of fused-ring (bicyclic) bond motifs is 1. The fourth-order valence-corrected chi connectivity index (χ4v) is 4.62. The van der Waals surface area contributed by atoms with E-state index in [1.165, 1.54) is 11.8 Å². The summed E-state index contributed by atoms with van der Waals surface area (Å²) in [7, 11) is 3.27. The lowest BCUT2D eigenvalue weighted by Gasteiger charge is -2.33. The topological polar surface area (TPSA) is 113 Å². The predicted molar refractivity (Wildman–Crippen MR) is 121 cm³/mol. The largest absolute Gasteiger partial charge is 0.497 e. The minimum absolute atomic E-state index is 0.137. The van der Waals surface area contributed by atoms with Gasteiger partial charge in [0, 0.05) is 39.6 Å². The van der Waals surface area contributed by atoms with Gasteiger partial charge in [-0.05, 0) is 30.0 Å². The van der Waals surface area contributed by atoms with Crippen molar-refractivity contribution in [3.8, 4) is 11.5 Å². The highest BCUT2D eigenvalue weighted by Gasteiger charge is 2.22. The molecule has 1 aliphatic heterocycles. The number of aromatic nitrogens is 4. The van der Waals surface area contributed by atoms with E-state index in [4.69, 9.17) is 20.2 Å². The molecule has 1 saturated heterocycles. The summed E-state index contributed by atoms with van der Waals surface area (Å²) in [4.78, 5) is 29.0. The summed E-state index contributed by atoms with van der Waals surface area (Å²) >= 11 is 1.44. The van der Waals surface area contributed by atoms with Crippen LogP contribution in [0.3, 0.4) is 0 Å². The smallest absolute Gasteiger partial charge is 0.294 e. The number of amides is 1. The molecular formula is C21H28N7O3S+. The first-order valence-electron chi connectivity index (χ1n) is 10.4. The van der Waals surface area contributed by atoms with Gasteiger partial charge in [-0.15, -0.1) is 0 Å². The fourth-order valence-electron chi connectivity index (χ4n) is 3.70. The normalized spacial score (nSPS) is 14.7. The highest BCUT2D eigenvalue weighted by Crippen LogP contribution is 2.36. The van der Waals surface area contributed by atoms with Crippen molar-refractivity contribution in [2.24, 2.45) is 0 Å². The third-order valence-electron chi connectivity index (χ3n) is 5.58. The van der Waals surface area contributed by atoms with Crippen LogP contribution >= 0.6 is 11.8 Å². The van der Waals surface area contributed by atoms with Gasteiger partial charge in [0.05, 0.1) is 25.7 Å². The van der Waals surface area contributed by atoms with Gasteiger partial charge >= 0.3 is 0 Å². The molecule has 1 fully saturated rings. The molecule has 170 valence electrons. The molecule has 0 aliphatic carbocycles. The van der Waals surface area contributed by atoms with E-state index < -0.39 is 0 Å². The first-order valence-corrected chi connectivity index (χ1v) is 11.2. The Hall–Kier alpha value is -3.05. The minimum atomic E-state index is 0.137. The number of piperazine rings is 1. The third-order valence-corrected chi connectivity index (χ3v) is 6.51. The van der Waals surface area contributed by atoms with Crippen LogP contribution in [0.15, 0.2) is 34.6 Å². The van der Waals surface area contributed by atoms with E-state index in [2.05, 4.69) is 14.9 Å². The van der Waals surface area contributed by atoms with E-state index in [1.807, 2.05) is 27.7 Å². The molecule has 3 heterocycles. The maximum atomic E-state index is 11.5. The van der Waals surface area contributed by atoms with Crippen LogP contribution in [0.4, 0.5) is 5.82 Å². The van der Waals surface area contributed by atoms with Crippen molar-refractivity contribution < 1.29 is 18.8 Å². The number of imidazole rings is 1. The number of rotatable bonds is 7. The quantitative estimate of drug-likeness (QED) is 0.507. The molecule has 1 amide bonds. The van der Waals surface area contributed by atoms with Gasteiger partial charge in [0.2, 0.25) is 23.2 Å². The Bertz CT molecular complexity index is 1110. The zero-order chi connectivity index (χ0) is 22.7. The Morgan fingerprint density at radius 3 is 2.72 bits per heavy atom. The molecule has 1 aromatic carbocycles. The summed E-state index contributed by atoms with van der Waals surface area (Å²) in [6.45, 7) is 6.45. The zero-order valence-electron chi connectivity index (χ0n) is 18.5. The second kappa shape index (κ2) is 9.61. The standard InChI is InChI=1S/C21H27N7O3S/c1-14(29)27-9-6-26(7-10-27)8-11-28-13-23-19(22)18-20(28)25-21(24-18)32-17-12-15(30-2)4-5-16(17)31-3/h4-5,12-13H,6-11H2,1-3H3,(H2,22,24,25)/p+1. The monoisotopic (exact) mass is 458 g/mol. The lowest BCUT2D eigenvalue weighted by Crippen LogP contribution is -2.51. The average molecular weight is 459 g/mol. The first kappa shape index (κ1) is 22.2. The number of hydrogen-bond acceptors (Lipinski definition) is 8. The summed E-state index contributed by atoms with van der Waals surface area (Å²) < 4.78 is 12.8. The molecule has 2 aromatic heterocycles. The van der Waals surface area contributed by atoms with E-state index in [9.17, 15) is 4.79 Å². The number of carbonyl (C=O) groups is 1. The predicted octanol–water partition coefficient (Wildman–Crippen LogP) is 1.16. The number of methoxy groups -OCH3 is 2. The van der Waals surface area contributed by atoms with Crippen LogP contribution in [0.2, 0.25) is 0 Å². The van der Waals surface area contributed by atoms with Gasteiger partial charge in [0.1, 0.15) is 11.5 Å². The first-order chi connectivity index (χ1) is 15.5. The third kappa shape index (κ3) is 4.73. The number of hydrogen-bond donors (Lipinski definition) is 2. The molecule has 3 N–H and O–H groups in total. The van der Waals surface area contributed by atoms with E-state index in [0.717, 1.165) is 61.3 Å². The number of aromatic amines is 1. The highest BCUT2D eigenvalue weighted by atomic mass is 32.2. The van der Waals surface area contributed by atoms with E-state index in [-0.39, 0.29) is 5.91 Å². The summed E-state index contributed by atoms with van der Waals surface area (Å²) in [5.41, 5.74) is 7.58. The Balaban J connectivity index is 1.51. The van der Waals surface area contributed by atoms with Crippen LogP contribution < -0.4 is 19.8 Å². The number of nitrogen functional groups attached to an aromatic ring is 1. The number of nitrogens with two attached hydrogens (primary N) is 1. The Morgan fingerprint density at radius 1 is 1.25 bits per heavy atom. The lowest BCUT2D eigenvalue weighted by molar-refractivity contribution is -0.675. The van der Waals surface area contributed by atoms with Gasteiger partial charge in [0.25, 0.3) is 5.65 Å². The van der Waals surface area contributed by atoms with Crippen LogP contribution in [-0.2, 0) is 11.3 Å². The van der Waals surface area contributed by atoms with E-state index in [0.29, 0.717) is 16.5 Å². The van der Waals surface area contributed by atoms with Crippen molar-refractivity contribution >= 4 is 34.7 Å². The van der Waals surface area contributed by atoms with Gasteiger partial charge in [-0.25, -0.2) is 4.57 Å². The number of anilines is 1. The Kier molecular flexibility index (Phi) is 6.66. The van der Waals surface area contributed by atoms with Crippen LogP contribution in [0.1, 0.15) is 6.92 Å². The molecule has 0 bridgehead atoms. The summed E-state index contributed by atoms with van der Waals surface area (Å²) in [5.74, 6) is 2.02. The van der Waals surface area contributed by atoms with Crippen LogP contribution in [-0.4, -0.2) is 77.6 Å². The molecule has 32 heavy (non-hydrogen) atoms. The molecule has 0 radical (unpaired) electrons. The number of ether oxygens (including phenoxy) is 2. The average Bonchev–Trinajstić information content (AvgIpc) is 3.23. The van der Waals surface area contributed by atoms with Gasteiger partial charge in [-0.3, -0.25) is 9.69 Å². The fraction of sp³-hybridized carbons (Fsp3) is 0.429. The molecule has 0 spiro atoms. The number of nitrogens with one attached hydrogen (secondary N) is 1. The maximum absolute atomic E-state index is 11.5. The van der Waals surface area contributed by atoms with Crippen LogP contribution in [0.5, 0.6) is 11.5 Å². The molecule has 0 atom stereocenters. The lowest BCUT2D eigenvalue weighted by atomic mass is 10.3. The molecule has 0 unspecified atom stereocenters. The SMILES string of the molecule is COc1ccc(OC)c(Sc2nc3c([nH]2)c(N)nc[n+]3CCN2CCN(C(C)=O)CC2)c1. The van der Waals surface area contributed by atoms with E-state index in [1.54, 1.807) is 27.5 Å². The van der Waals surface area contributed by atoms with Gasteiger partial charge in [-0.2, -0.15) is 0 Å². The Labute approximate surface area is 190 Å².